The third-order valence-electron chi connectivity index (χ3n) is 6.85. The molecule has 156 valence electrons. The Labute approximate surface area is 193 Å². The molecule has 5 heteroatoms. The van der Waals surface area contributed by atoms with Crippen LogP contribution in [0.3, 0.4) is 0 Å². The van der Waals surface area contributed by atoms with Gasteiger partial charge in [0.15, 0.2) is 0 Å². The Hall–Kier alpha value is -4.12. The van der Waals surface area contributed by atoms with Crippen molar-refractivity contribution in [1.82, 2.24) is 9.79 Å². The minimum atomic E-state index is 0.106. The highest BCUT2D eigenvalue weighted by Crippen LogP contribution is 2.44. The lowest BCUT2D eigenvalue weighted by Gasteiger charge is -2.51. The number of hydrogen-bond donors (Lipinski definition) is 0. The smallest absolute Gasteiger partial charge is 0.309 e. The van der Waals surface area contributed by atoms with E-state index in [4.69, 9.17) is 4.99 Å². The van der Waals surface area contributed by atoms with Crippen molar-refractivity contribution in [1.29, 1.82) is 0 Å². The molecule has 0 bridgehead atoms. The van der Waals surface area contributed by atoms with Crippen LogP contribution in [0.1, 0.15) is 5.69 Å². The monoisotopic (exact) mass is 424 g/mol. The van der Waals surface area contributed by atoms with Crippen molar-refractivity contribution in [2.24, 2.45) is 4.99 Å². The second-order valence-electron chi connectivity index (χ2n) is 8.68. The Kier molecular flexibility index (Phi) is 4.03. The van der Waals surface area contributed by atoms with Gasteiger partial charge in [-0.05, 0) is 53.5 Å². The fourth-order valence-corrected chi connectivity index (χ4v) is 5.46. The van der Waals surface area contributed by atoms with E-state index < -0.39 is 0 Å². The molecular weight excluding hydrogens is 403 g/mol. The Balaban J connectivity index is 1.44. The summed E-state index contributed by atoms with van der Waals surface area (Å²) >= 11 is 0. The minimum Gasteiger partial charge on any atom is -0.352 e. The zero-order valence-corrected chi connectivity index (χ0v) is 18.0. The van der Waals surface area contributed by atoms with E-state index in [0.717, 1.165) is 28.6 Å². The fraction of sp³-hybridized carbons (Fsp3) is 0.0714. The number of para-hydroxylation sites is 2. The first-order valence-electron chi connectivity index (χ1n) is 11.4. The van der Waals surface area contributed by atoms with Gasteiger partial charge < -0.3 is 4.81 Å². The molecule has 0 saturated heterocycles. The molecule has 4 heterocycles. The molecular formula is C28H21BN4. The van der Waals surface area contributed by atoms with Gasteiger partial charge in [-0.15, -0.1) is 0 Å². The quantitative estimate of drug-likeness (QED) is 0.546. The summed E-state index contributed by atoms with van der Waals surface area (Å²) < 4.78 is 0. The lowest BCUT2D eigenvalue weighted by Crippen LogP contribution is -2.64. The number of rotatable bonds is 2. The summed E-state index contributed by atoms with van der Waals surface area (Å²) in [4.78, 5) is 14.5. The topological polar surface area (TPSA) is 31.7 Å². The fourth-order valence-electron chi connectivity index (χ4n) is 5.46. The predicted molar refractivity (Wildman–Crippen MR) is 136 cm³/mol. The largest absolute Gasteiger partial charge is 0.352 e. The molecule has 0 N–H and O–H groups in total. The maximum absolute atomic E-state index is 5.17. The standard InChI is InChI=1S/C28H21BN4/c1-2-9-21(10-3-1)32-26-13-5-4-11-22(26)29-23-19-20(24-12-6-7-18-30-24)16-17-25(23)31-27-14-8-15-28(32)33(27)29/h1-19,23,25H. The van der Waals surface area contributed by atoms with Gasteiger partial charge in [-0.3, -0.25) is 14.9 Å². The van der Waals surface area contributed by atoms with Crippen LogP contribution >= 0.6 is 0 Å². The highest BCUT2D eigenvalue weighted by molar-refractivity contribution is 6.78. The molecule has 0 spiro atoms. The number of pyridine rings is 1. The second-order valence-corrected chi connectivity index (χ2v) is 8.68. The number of aliphatic imine (C=N–C) groups is 1. The first kappa shape index (κ1) is 18.5. The van der Waals surface area contributed by atoms with Crippen LogP contribution in [-0.4, -0.2) is 28.5 Å². The van der Waals surface area contributed by atoms with Crippen LogP contribution in [0.5, 0.6) is 0 Å². The molecule has 3 aromatic rings. The van der Waals surface area contributed by atoms with Gasteiger partial charge in [0, 0.05) is 23.4 Å². The Morgan fingerprint density at radius 2 is 1.70 bits per heavy atom. The molecule has 1 aliphatic carbocycles. The first-order valence-corrected chi connectivity index (χ1v) is 11.4. The molecule has 0 saturated carbocycles. The van der Waals surface area contributed by atoms with Gasteiger partial charge in [-0.2, -0.15) is 0 Å². The lowest BCUT2D eigenvalue weighted by atomic mass is 9.40. The van der Waals surface area contributed by atoms with Crippen molar-refractivity contribution in [3.8, 4) is 0 Å². The molecule has 4 nitrogen and oxygen atoms in total. The van der Waals surface area contributed by atoms with Gasteiger partial charge in [-0.25, -0.2) is 0 Å². The minimum absolute atomic E-state index is 0.106. The molecule has 3 aliphatic heterocycles. The maximum atomic E-state index is 5.17. The summed E-state index contributed by atoms with van der Waals surface area (Å²) in [6.07, 6.45) is 15.1. The van der Waals surface area contributed by atoms with Crippen LogP contribution < -0.4 is 10.4 Å². The van der Waals surface area contributed by atoms with Crippen LogP contribution in [0.4, 0.5) is 11.4 Å². The summed E-state index contributed by atoms with van der Waals surface area (Å²) in [6, 6.07) is 25.6. The Morgan fingerprint density at radius 1 is 0.848 bits per heavy atom. The van der Waals surface area contributed by atoms with Gasteiger partial charge in [-0.1, -0.05) is 66.8 Å². The molecule has 0 radical (unpaired) electrons. The molecule has 0 amide bonds. The highest BCUT2D eigenvalue weighted by atomic mass is 15.4. The average Bonchev–Trinajstić information content (AvgIpc) is 2.89. The van der Waals surface area contributed by atoms with Crippen LogP contribution in [0.2, 0.25) is 5.82 Å². The van der Waals surface area contributed by atoms with Crippen LogP contribution in [0.15, 0.2) is 126 Å². The average molecular weight is 424 g/mol. The summed E-state index contributed by atoms with van der Waals surface area (Å²) in [5.41, 5.74) is 5.87. The van der Waals surface area contributed by atoms with E-state index in [2.05, 4.69) is 112 Å². The zero-order valence-electron chi connectivity index (χ0n) is 18.0. The van der Waals surface area contributed by atoms with Crippen molar-refractivity contribution in [3.05, 3.63) is 127 Å². The van der Waals surface area contributed by atoms with Gasteiger partial charge in [0.05, 0.1) is 11.7 Å². The van der Waals surface area contributed by atoms with Crippen LogP contribution in [-0.2, 0) is 0 Å². The second kappa shape index (κ2) is 7.21. The number of hydrogen-bond acceptors (Lipinski definition) is 4. The van der Waals surface area contributed by atoms with E-state index in [1.54, 1.807) is 0 Å². The lowest BCUT2D eigenvalue weighted by molar-refractivity contribution is 0.646. The van der Waals surface area contributed by atoms with E-state index in [-0.39, 0.29) is 18.7 Å². The maximum Gasteiger partial charge on any atom is 0.309 e. The molecule has 4 aliphatic rings. The zero-order chi connectivity index (χ0) is 21.8. The van der Waals surface area contributed by atoms with Crippen LogP contribution in [0.25, 0.3) is 5.57 Å². The number of allylic oxidation sites excluding steroid dienone is 4. The third kappa shape index (κ3) is 2.79. The van der Waals surface area contributed by atoms with Gasteiger partial charge in [0.1, 0.15) is 11.7 Å². The number of nitrogens with zero attached hydrogens (tertiary/aromatic N) is 4. The van der Waals surface area contributed by atoms with Gasteiger partial charge >= 0.3 is 6.85 Å². The normalized spacial score (nSPS) is 22.1. The Bertz CT molecular complexity index is 1390. The van der Waals surface area contributed by atoms with Gasteiger partial charge in [0.2, 0.25) is 0 Å². The third-order valence-corrected chi connectivity index (χ3v) is 6.85. The van der Waals surface area contributed by atoms with Crippen molar-refractivity contribution in [2.45, 2.75) is 11.9 Å². The number of aromatic nitrogens is 1. The number of fused-ring (bicyclic) bond motifs is 4. The van der Waals surface area contributed by atoms with Crippen molar-refractivity contribution >= 4 is 35.1 Å². The molecule has 2 atom stereocenters. The van der Waals surface area contributed by atoms with E-state index in [0.29, 0.717) is 0 Å². The molecule has 7 rings (SSSR count). The Morgan fingerprint density at radius 3 is 2.58 bits per heavy atom. The molecule has 1 aromatic heterocycles. The van der Waals surface area contributed by atoms with E-state index >= 15 is 0 Å². The number of anilines is 2. The van der Waals surface area contributed by atoms with Crippen molar-refractivity contribution in [3.63, 3.8) is 0 Å². The molecule has 33 heavy (non-hydrogen) atoms. The SMILES string of the molecule is C1=CC2=NC3C=CC(c4ccccn4)=CC3B3c4ccccc4N(c4ccccc4)C(=C1)N32. The van der Waals surface area contributed by atoms with E-state index in [9.17, 15) is 0 Å². The number of benzene rings is 2. The van der Waals surface area contributed by atoms with Gasteiger partial charge in [0.25, 0.3) is 0 Å². The predicted octanol–water partition coefficient (Wildman–Crippen LogP) is 4.95. The first-order chi connectivity index (χ1) is 16.4. The van der Waals surface area contributed by atoms with Crippen molar-refractivity contribution < 1.29 is 0 Å². The molecule has 0 fully saturated rings. The number of amidine groups is 1. The van der Waals surface area contributed by atoms with Crippen LogP contribution in [0, 0.1) is 0 Å². The van der Waals surface area contributed by atoms with E-state index in [1.165, 1.54) is 11.2 Å². The molecule has 2 aromatic carbocycles. The summed E-state index contributed by atoms with van der Waals surface area (Å²) in [5.74, 6) is 2.38. The highest BCUT2D eigenvalue weighted by Gasteiger charge is 2.49. The van der Waals surface area contributed by atoms with Crippen molar-refractivity contribution in [2.75, 3.05) is 4.90 Å². The summed E-state index contributed by atoms with van der Waals surface area (Å²) in [7, 11) is 0. The summed E-state index contributed by atoms with van der Waals surface area (Å²) in [6.45, 7) is 0.165. The van der Waals surface area contributed by atoms with E-state index in [1.807, 2.05) is 18.3 Å². The summed E-state index contributed by atoms with van der Waals surface area (Å²) in [5, 5.41) is 0. The molecule has 2 unspecified atom stereocenters.